The number of aromatic nitrogens is 1. The Hall–Kier alpha value is -1.77. The zero-order valence-electron chi connectivity index (χ0n) is 9.51. The lowest BCUT2D eigenvalue weighted by Crippen LogP contribution is -2.19. The Morgan fingerprint density at radius 2 is 2.12 bits per heavy atom. The number of benzene rings is 1. The van der Waals surface area contributed by atoms with Gasteiger partial charge in [-0.2, -0.15) is 0 Å². The summed E-state index contributed by atoms with van der Waals surface area (Å²) in [4.78, 5) is 11.6. The fraction of sp³-hybridized carbons (Fsp3) is 0.308. The van der Waals surface area contributed by atoms with Crippen molar-refractivity contribution in [3.63, 3.8) is 0 Å². The van der Waals surface area contributed by atoms with Gasteiger partial charge in [-0.1, -0.05) is 25.1 Å². The molecule has 1 heterocycles. The first kappa shape index (κ1) is 10.7. The summed E-state index contributed by atoms with van der Waals surface area (Å²) in [7, 11) is 1.43. The van der Waals surface area contributed by atoms with Crippen LogP contribution in [0.15, 0.2) is 36.5 Å². The lowest BCUT2D eigenvalue weighted by atomic mass is 10.2. The number of methoxy groups -OCH3 is 1. The van der Waals surface area contributed by atoms with Crippen molar-refractivity contribution in [2.24, 2.45) is 0 Å². The molecule has 1 unspecified atom stereocenters. The lowest BCUT2D eigenvalue weighted by molar-refractivity contribution is -0.144. The largest absolute Gasteiger partial charge is 0.467 e. The van der Waals surface area contributed by atoms with Crippen LogP contribution < -0.4 is 0 Å². The summed E-state index contributed by atoms with van der Waals surface area (Å²) in [5.41, 5.74) is 1.07. The number of para-hydroxylation sites is 1. The molecule has 84 valence electrons. The quantitative estimate of drug-likeness (QED) is 0.740. The highest BCUT2D eigenvalue weighted by Crippen LogP contribution is 2.22. The normalized spacial score (nSPS) is 12.6. The van der Waals surface area contributed by atoms with Crippen LogP contribution in [-0.2, 0) is 9.53 Å². The van der Waals surface area contributed by atoms with Crippen LogP contribution in [0.3, 0.4) is 0 Å². The van der Waals surface area contributed by atoms with E-state index in [1.807, 2.05) is 48.0 Å². The minimum absolute atomic E-state index is 0.191. The van der Waals surface area contributed by atoms with E-state index >= 15 is 0 Å². The van der Waals surface area contributed by atoms with Gasteiger partial charge in [-0.15, -0.1) is 0 Å². The van der Waals surface area contributed by atoms with Crippen molar-refractivity contribution in [1.29, 1.82) is 0 Å². The van der Waals surface area contributed by atoms with E-state index in [1.165, 1.54) is 7.11 Å². The zero-order chi connectivity index (χ0) is 11.5. The summed E-state index contributed by atoms with van der Waals surface area (Å²) in [5, 5.41) is 1.14. The first-order valence-corrected chi connectivity index (χ1v) is 5.41. The number of carbonyl (C=O) groups is 1. The van der Waals surface area contributed by atoms with Gasteiger partial charge in [-0.25, -0.2) is 4.79 Å². The SMILES string of the molecule is CCC(C(=O)OC)n1ccc2ccccc21. The first-order valence-electron chi connectivity index (χ1n) is 5.41. The number of nitrogens with zero attached hydrogens (tertiary/aromatic N) is 1. The van der Waals surface area contributed by atoms with Gasteiger partial charge in [-0.3, -0.25) is 0 Å². The molecule has 2 rings (SSSR count). The van der Waals surface area contributed by atoms with Crippen molar-refractivity contribution in [2.45, 2.75) is 19.4 Å². The summed E-state index contributed by atoms with van der Waals surface area (Å²) in [5.74, 6) is -0.191. The molecule has 3 heteroatoms. The Morgan fingerprint density at radius 3 is 2.81 bits per heavy atom. The highest BCUT2D eigenvalue weighted by molar-refractivity contribution is 5.83. The van der Waals surface area contributed by atoms with Crippen molar-refractivity contribution in [3.8, 4) is 0 Å². The van der Waals surface area contributed by atoms with Crippen LogP contribution in [0.2, 0.25) is 0 Å². The number of fused-ring (bicyclic) bond motifs is 1. The summed E-state index contributed by atoms with van der Waals surface area (Å²) < 4.78 is 6.79. The van der Waals surface area contributed by atoms with E-state index in [1.54, 1.807) is 0 Å². The molecule has 1 aromatic heterocycles. The van der Waals surface area contributed by atoms with Gasteiger partial charge in [0.05, 0.1) is 7.11 Å². The molecule has 0 N–H and O–H groups in total. The lowest BCUT2D eigenvalue weighted by Gasteiger charge is -2.15. The number of esters is 1. The molecule has 1 aromatic carbocycles. The van der Waals surface area contributed by atoms with Crippen molar-refractivity contribution in [1.82, 2.24) is 4.57 Å². The molecule has 0 radical (unpaired) electrons. The molecule has 0 fully saturated rings. The van der Waals surface area contributed by atoms with Crippen molar-refractivity contribution < 1.29 is 9.53 Å². The maximum Gasteiger partial charge on any atom is 0.328 e. The minimum atomic E-state index is -0.232. The molecule has 2 aromatic rings. The smallest absolute Gasteiger partial charge is 0.328 e. The van der Waals surface area contributed by atoms with Crippen LogP contribution >= 0.6 is 0 Å². The topological polar surface area (TPSA) is 31.2 Å². The van der Waals surface area contributed by atoms with Crippen LogP contribution in [0.25, 0.3) is 10.9 Å². The van der Waals surface area contributed by atoms with Crippen LogP contribution in [0, 0.1) is 0 Å². The van der Waals surface area contributed by atoms with Gasteiger partial charge in [0, 0.05) is 11.7 Å². The van der Waals surface area contributed by atoms with Crippen molar-refractivity contribution in [2.75, 3.05) is 7.11 Å². The van der Waals surface area contributed by atoms with Gasteiger partial charge in [0.25, 0.3) is 0 Å². The highest BCUT2D eigenvalue weighted by Gasteiger charge is 2.19. The van der Waals surface area contributed by atoms with Crippen LogP contribution in [-0.4, -0.2) is 17.6 Å². The molecule has 16 heavy (non-hydrogen) atoms. The summed E-state index contributed by atoms with van der Waals surface area (Å²) in [6.45, 7) is 1.98. The average Bonchev–Trinajstić information content (AvgIpc) is 2.74. The Balaban J connectivity index is 2.49. The van der Waals surface area contributed by atoms with Gasteiger partial charge >= 0.3 is 5.97 Å². The molecule has 0 spiro atoms. The van der Waals surface area contributed by atoms with Gasteiger partial charge < -0.3 is 9.30 Å². The van der Waals surface area contributed by atoms with E-state index in [-0.39, 0.29) is 12.0 Å². The number of rotatable bonds is 3. The molecule has 0 saturated heterocycles. The zero-order valence-corrected chi connectivity index (χ0v) is 9.51. The van der Waals surface area contributed by atoms with Crippen LogP contribution in [0.1, 0.15) is 19.4 Å². The Kier molecular flexibility index (Phi) is 2.95. The predicted molar refractivity (Wildman–Crippen MR) is 63.3 cm³/mol. The maximum absolute atomic E-state index is 11.6. The van der Waals surface area contributed by atoms with Crippen LogP contribution in [0.4, 0.5) is 0 Å². The fourth-order valence-corrected chi connectivity index (χ4v) is 1.99. The van der Waals surface area contributed by atoms with E-state index in [0.29, 0.717) is 0 Å². The Bertz CT molecular complexity index is 501. The minimum Gasteiger partial charge on any atom is -0.467 e. The van der Waals surface area contributed by atoms with E-state index in [0.717, 1.165) is 17.3 Å². The number of ether oxygens (including phenoxy) is 1. The maximum atomic E-state index is 11.6. The molecule has 0 saturated carbocycles. The molecular formula is C13H15NO2. The summed E-state index contributed by atoms with van der Waals surface area (Å²) in [6.07, 6.45) is 2.67. The summed E-state index contributed by atoms with van der Waals surface area (Å²) in [6, 6.07) is 9.80. The van der Waals surface area contributed by atoms with E-state index in [2.05, 4.69) is 0 Å². The third kappa shape index (κ3) is 1.69. The van der Waals surface area contributed by atoms with E-state index in [9.17, 15) is 4.79 Å². The van der Waals surface area contributed by atoms with Gasteiger partial charge in [0.1, 0.15) is 6.04 Å². The first-order chi connectivity index (χ1) is 7.77. The second-order valence-electron chi connectivity index (χ2n) is 3.73. The molecule has 0 aliphatic heterocycles. The average molecular weight is 217 g/mol. The molecule has 0 aliphatic carbocycles. The summed E-state index contributed by atoms with van der Waals surface area (Å²) >= 11 is 0. The molecule has 1 atom stereocenters. The van der Waals surface area contributed by atoms with E-state index < -0.39 is 0 Å². The molecular weight excluding hydrogens is 202 g/mol. The molecule has 3 nitrogen and oxygen atoms in total. The third-order valence-electron chi connectivity index (χ3n) is 2.83. The van der Waals surface area contributed by atoms with Crippen molar-refractivity contribution >= 4 is 16.9 Å². The second kappa shape index (κ2) is 4.39. The van der Waals surface area contributed by atoms with Gasteiger partial charge in [-0.05, 0) is 23.9 Å². The molecule has 0 amide bonds. The highest BCUT2D eigenvalue weighted by atomic mass is 16.5. The number of hydrogen-bond donors (Lipinski definition) is 0. The van der Waals surface area contributed by atoms with Crippen molar-refractivity contribution in [3.05, 3.63) is 36.5 Å². The second-order valence-corrected chi connectivity index (χ2v) is 3.73. The fourth-order valence-electron chi connectivity index (χ4n) is 1.99. The standard InChI is InChI=1S/C13H15NO2/c1-3-11(13(15)16-2)14-9-8-10-6-4-5-7-12(10)14/h4-9,11H,3H2,1-2H3. The Labute approximate surface area is 94.6 Å². The van der Waals surface area contributed by atoms with E-state index in [4.69, 9.17) is 4.74 Å². The predicted octanol–water partition coefficient (Wildman–Crippen LogP) is 2.77. The molecule has 0 bridgehead atoms. The van der Waals surface area contributed by atoms with Gasteiger partial charge in [0.2, 0.25) is 0 Å². The molecule has 0 aliphatic rings. The van der Waals surface area contributed by atoms with Gasteiger partial charge in [0.15, 0.2) is 0 Å². The van der Waals surface area contributed by atoms with Crippen LogP contribution in [0.5, 0.6) is 0 Å². The number of carbonyl (C=O) groups excluding carboxylic acids is 1. The third-order valence-corrected chi connectivity index (χ3v) is 2.83. The Morgan fingerprint density at radius 1 is 1.38 bits per heavy atom. The number of hydrogen-bond acceptors (Lipinski definition) is 2. The monoisotopic (exact) mass is 217 g/mol.